The highest BCUT2D eigenvalue weighted by Gasteiger charge is 2.20. The van der Waals surface area contributed by atoms with E-state index in [1.807, 2.05) is 67.0 Å². The molecule has 0 saturated carbocycles. The molecule has 0 amide bonds. The third kappa shape index (κ3) is 16.2. The summed E-state index contributed by atoms with van der Waals surface area (Å²) in [5.74, 6) is 6.66. The number of benzene rings is 5. The number of rotatable bonds is 13. The molecule has 0 radical (unpaired) electrons. The molecular formula is C47H58Br6O6P2. The van der Waals surface area contributed by atoms with E-state index in [0.717, 1.165) is 101 Å². The summed E-state index contributed by atoms with van der Waals surface area (Å²) in [6, 6.07) is 18.8. The first kappa shape index (κ1) is 57.5. The van der Waals surface area contributed by atoms with Crippen molar-refractivity contribution in [3.05, 3.63) is 126 Å². The Balaban J connectivity index is 0.000000926. The summed E-state index contributed by atoms with van der Waals surface area (Å²) >= 11 is 20.2. The van der Waals surface area contributed by atoms with E-state index >= 15 is 0 Å². The van der Waals surface area contributed by atoms with Crippen molar-refractivity contribution in [1.29, 1.82) is 0 Å². The molecule has 0 heterocycles. The first-order chi connectivity index (χ1) is 28.6. The van der Waals surface area contributed by atoms with Gasteiger partial charge in [-0.2, -0.15) is 0 Å². The third-order valence-electron chi connectivity index (χ3n) is 9.24. The van der Waals surface area contributed by atoms with Gasteiger partial charge in [0.25, 0.3) is 0 Å². The quantitative estimate of drug-likeness (QED) is 0.0865. The van der Waals surface area contributed by atoms with Crippen LogP contribution in [0.2, 0.25) is 0 Å². The van der Waals surface area contributed by atoms with Crippen molar-refractivity contribution < 1.29 is 28.2 Å². The maximum absolute atomic E-state index is 8.87. The van der Waals surface area contributed by atoms with Crippen LogP contribution in [0.5, 0.6) is 46.0 Å². The van der Waals surface area contributed by atoms with Gasteiger partial charge in [-0.25, -0.2) is 0 Å². The molecule has 5 aromatic rings. The van der Waals surface area contributed by atoms with Crippen molar-refractivity contribution in [1.82, 2.24) is 0 Å². The molecular weight excluding hydrogens is 1200 g/mol. The van der Waals surface area contributed by atoms with E-state index in [2.05, 4.69) is 158 Å². The normalized spacial score (nSPS) is 10.2. The van der Waals surface area contributed by atoms with E-state index in [1.54, 1.807) is 7.11 Å². The Bertz CT molecular complexity index is 2150. The molecule has 1 unspecified atom stereocenters. The highest BCUT2D eigenvalue weighted by Crippen LogP contribution is 2.44. The molecule has 1 atom stereocenters. The fourth-order valence-corrected chi connectivity index (χ4v) is 8.43. The zero-order chi connectivity index (χ0) is 45.3. The average Bonchev–Trinajstić information content (AvgIpc) is 3.21. The zero-order valence-electron chi connectivity index (χ0n) is 36.0. The minimum absolute atomic E-state index is 0. The molecule has 14 heteroatoms. The van der Waals surface area contributed by atoms with Gasteiger partial charge in [-0.3, -0.25) is 4.57 Å². The minimum Gasteiger partial charge on any atom is -0.496 e. The SMILES string of the molecule is BrBr.C.CCOc1c(CBr)cc(Oc2c(C)cc(Oc3c(C)cc(Oc4c(C)cc(CC)cc4C)c(Br)c3C)cc2CBr)cc1CBr.COc1c(C)cc(C)cc1C.O=PP. The predicted molar refractivity (Wildman–Crippen MR) is 285 cm³/mol. The van der Waals surface area contributed by atoms with Crippen LogP contribution in [-0.2, 0) is 27.0 Å². The average molecular weight is 1260 g/mol. The minimum atomic E-state index is 0. The molecule has 0 saturated heterocycles. The molecule has 0 spiro atoms. The molecule has 0 bridgehead atoms. The summed E-state index contributed by atoms with van der Waals surface area (Å²) in [7, 11) is 3.79. The smallest absolute Gasteiger partial charge is 0.174 e. The Morgan fingerprint density at radius 3 is 1.43 bits per heavy atom. The Labute approximate surface area is 418 Å². The number of hydrogen-bond acceptors (Lipinski definition) is 6. The van der Waals surface area contributed by atoms with Crippen LogP contribution in [0.1, 0.15) is 88.0 Å². The van der Waals surface area contributed by atoms with Crippen molar-refractivity contribution >= 4 is 109 Å². The monoisotopic (exact) mass is 1250 g/mol. The van der Waals surface area contributed by atoms with Crippen LogP contribution in [0.15, 0.2) is 59.1 Å². The number of aryl methyl sites for hydroxylation is 8. The van der Waals surface area contributed by atoms with Gasteiger partial charge < -0.3 is 23.7 Å². The van der Waals surface area contributed by atoms with E-state index in [1.165, 1.54) is 22.3 Å². The summed E-state index contributed by atoms with van der Waals surface area (Å²) in [5.41, 5.74) is 13.3. The van der Waals surface area contributed by atoms with Crippen LogP contribution in [-0.4, -0.2) is 13.7 Å². The molecule has 334 valence electrons. The molecule has 61 heavy (non-hydrogen) atoms. The first-order valence-corrected chi connectivity index (χ1v) is 29.2. The maximum Gasteiger partial charge on any atom is 0.174 e. The number of methoxy groups -OCH3 is 1. The lowest BCUT2D eigenvalue weighted by atomic mass is 10.0. The highest BCUT2D eigenvalue weighted by molar-refractivity contribution is 9.93. The van der Waals surface area contributed by atoms with Gasteiger partial charge in [0.05, 0.1) is 18.2 Å². The van der Waals surface area contributed by atoms with Gasteiger partial charge in [-0.05, 0) is 163 Å². The Hall–Kier alpha value is -1.49. The van der Waals surface area contributed by atoms with Gasteiger partial charge in [0.1, 0.15) is 46.0 Å². The number of hydrogen-bond donors (Lipinski definition) is 0. The number of alkyl halides is 3. The lowest BCUT2D eigenvalue weighted by Crippen LogP contribution is -2.01. The zero-order valence-corrected chi connectivity index (χ0v) is 47.5. The Morgan fingerprint density at radius 1 is 0.574 bits per heavy atom. The van der Waals surface area contributed by atoms with Gasteiger partial charge in [0, 0.05) is 66.5 Å². The molecule has 0 N–H and O–H groups in total. The van der Waals surface area contributed by atoms with Crippen molar-refractivity contribution in [2.24, 2.45) is 0 Å². The number of ether oxygens (including phenoxy) is 5. The van der Waals surface area contributed by atoms with Crippen molar-refractivity contribution in [3.63, 3.8) is 0 Å². The molecule has 5 aromatic carbocycles. The first-order valence-electron chi connectivity index (χ1n) is 18.9. The van der Waals surface area contributed by atoms with Crippen LogP contribution < -0.4 is 23.7 Å². The van der Waals surface area contributed by atoms with E-state index in [-0.39, 0.29) is 15.6 Å². The lowest BCUT2D eigenvalue weighted by molar-refractivity contribution is 0.334. The molecule has 0 aliphatic heterocycles. The topological polar surface area (TPSA) is 63.2 Å². The van der Waals surface area contributed by atoms with Crippen LogP contribution in [0, 0.1) is 55.4 Å². The van der Waals surface area contributed by atoms with Crippen molar-refractivity contribution in [3.8, 4) is 46.0 Å². The summed E-state index contributed by atoms with van der Waals surface area (Å²) in [6.45, 7) is 21.3. The standard InChI is InChI=1S/C36H38Br4O4.C10H14O.CH4.Br2.H2OP2/c1-8-25-10-20(3)33(21(4)11-25)44-31-13-23(6)34(24(7)32(31)40)42-29-12-22(5)35(26(14-29)17-37)43-30-15-27(18-38)36(41-9-2)28(16-30)19-39;1-7-5-8(2)10(11-4)9(3)6-7;;1-2;1-3-2/h10-16H,8-9,17-19H2,1-7H3;5-6H,1-4H3;1H4;;2H2. The third-order valence-corrected chi connectivity index (χ3v) is 12.0. The predicted octanol–water partition coefficient (Wildman–Crippen LogP) is 19.0. The van der Waals surface area contributed by atoms with E-state index in [4.69, 9.17) is 28.2 Å². The molecule has 0 aliphatic rings. The molecule has 5 rings (SSSR count). The summed E-state index contributed by atoms with van der Waals surface area (Å²) < 4.78 is 40.5. The van der Waals surface area contributed by atoms with Gasteiger partial charge in [0.2, 0.25) is 0 Å². The summed E-state index contributed by atoms with van der Waals surface area (Å²) in [5, 5.41) is 1.94. The second kappa shape index (κ2) is 29.1. The van der Waals surface area contributed by atoms with Gasteiger partial charge in [-0.15, -0.1) is 0 Å². The van der Waals surface area contributed by atoms with E-state index < -0.39 is 0 Å². The maximum atomic E-state index is 8.87. The Morgan fingerprint density at radius 2 is 0.984 bits per heavy atom. The van der Waals surface area contributed by atoms with Crippen LogP contribution >= 0.6 is 109 Å². The fourth-order valence-electron chi connectivity index (χ4n) is 6.80. The molecule has 0 aromatic heterocycles. The lowest BCUT2D eigenvalue weighted by Gasteiger charge is -2.20. The highest BCUT2D eigenvalue weighted by atomic mass is 80.9. The Kier molecular flexibility index (Phi) is 27.5. The van der Waals surface area contributed by atoms with Gasteiger partial charge >= 0.3 is 0 Å². The van der Waals surface area contributed by atoms with Crippen LogP contribution in [0.3, 0.4) is 0 Å². The molecule has 6 nitrogen and oxygen atoms in total. The fraction of sp³-hybridized carbons (Fsp3) is 0.362. The van der Waals surface area contributed by atoms with Crippen LogP contribution in [0.4, 0.5) is 0 Å². The summed E-state index contributed by atoms with van der Waals surface area (Å²) in [6.07, 6.45) is 0.997. The second-order valence-corrected chi connectivity index (χ2v) is 17.2. The molecule has 0 aliphatic carbocycles. The molecule has 0 fully saturated rings. The summed E-state index contributed by atoms with van der Waals surface area (Å²) in [4.78, 5) is 0. The van der Waals surface area contributed by atoms with Gasteiger partial charge in [-0.1, -0.05) is 92.0 Å². The van der Waals surface area contributed by atoms with E-state index in [9.17, 15) is 0 Å². The largest absolute Gasteiger partial charge is 0.496 e. The van der Waals surface area contributed by atoms with E-state index in [0.29, 0.717) is 22.6 Å². The second-order valence-electron chi connectivity index (χ2n) is 13.8. The van der Waals surface area contributed by atoms with Crippen LogP contribution in [0.25, 0.3) is 0 Å². The number of halogens is 6. The van der Waals surface area contributed by atoms with Crippen molar-refractivity contribution in [2.75, 3.05) is 13.7 Å². The van der Waals surface area contributed by atoms with Gasteiger partial charge in [0.15, 0.2) is 8.15 Å². The van der Waals surface area contributed by atoms with Crippen molar-refractivity contribution in [2.45, 2.75) is 99.1 Å².